The average Bonchev–Trinajstić information content (AvgIpc) is 2.53. The van der Waals surface area contributed by atoms with E-state index in [0.717, 1.165) is 8.95 Å². The number of carbonyl (C=O) groups is 2. The van der Waals surface area contributed by atoms with Gasteiger partial charge in [-0.15, -0.1) is 0 Å². The van der Waals surface area contributed by atoms with Crippen molar-refractivity contribution < 1.29 is 9.59 Å². The SMILES string of the molecule is N#Cc1ccccc1C[C@@H](NC(=O)c1cc(Br)cc(Br)c1)C(N)=O. The molecule has 0 radical (unpaired) electrons. The Morgan fingerprint density at radius 3 is 2.38 bits per heavy atom. The van der Waals surface area contributed by atoms with E-state index in [-0.39, 0.29) is 6.42 Å². The van der Waals surface area contributed by atoms with Gasteiger partial charge < -0.3 is 11.1 Å². The van der Waals surface area contributed by atoms with Gasteiger partial charge in [-0.1, -0.05) is 50.1 Å². The lowest BCUT2D eigenvalue weighted by Gasteiger charge is -2.16. The third-order valence-corrected chi connectivity index (χ3v) is 4.25. The maximum Gasteiger partial charge on any atom is 0.252 e. The van der Waals surface area contributed by atoms with E-state index in [9.17, 15) is 9.59 Å². The molecule has 5 nitrogen and oxygen atoms in total. The Kier molecular flexibility index (Phi) is 6.12. The summed E-state index contributed by atoms with van der Waals surface area (Å²) in [5.41, 5.74) is 6.89. The van der Waals surface area contributed by atoms with Gasteiger partial charge in [0.1, 0.15) is 6.04 Å². The fourth-order valence-corrected chi connectivity index (χ4v) is 3.47. The monoisotopic (exact) mass is 449 g/mol. The minimum atomic E-state index is -0.912. The van der Waals surface area contributed by atoms with Crippen LogP contribution < -0.4 is 11.1 Å². The quantitative estimate of drug-likeness (QED) is 0.732. The van der Waals surface area contributed by atoms with Gasteiger partial charge in [0.05, 0.1) is 11.6 Å². The number of benzene rings is 2. The number of nitriles is 1. The van der Waals surface area contributed by atoms with E-state index in [4.69, 9.17) is 11.0 Å². The Labute approximate surface area is 156 Å². The second kappa shape index (κ2) is 8.08. The number of hydrogen-bond donors (Lipinski definition) is 2. The van der Waals surface area contributed by atoms with E-state index >= 15 is 0 Å². The van der Waals surface area contributed by atoms with E-state index in [0.29, 0.717) is 16.7 Å². The van der Waals surface area contributed by atoms with Crippen LogP contribution in [0.2, 0.25) is 0 Å². The number of amides is 2. The predicted octanol–water partition coefficient (Wildman–Crippen LogP) is 2.91. The highest BCUT2D eigenvalue weighted by Gasteiger charge is 2.21. The molecule has 2 aromatic rings. The lowest BCUT2D eigenvalue weighted by Crippen LogP contribution is -2.46. The zero-order chi connectivity index (χ0) is 17.7. The molecule has 0 aliphatic rings. The summed E-state index contributed by atoms with van der Waals surface area (Å²) in [6.45, 7) is 0. The van der Waals surface area contributed by atoms with E-state index in [1.54, 1.807) is 42.5 Å². The van der Waals surface area contributed by atoms with Crippen LogP contribution in [0.25, 0.3) is 0 Å². The van der Waals surface area contributed by atoms with Crippen LogP contribution >= 0.6 is 31.9 Å². The van der Waals surface area contributed by atoms with Crippen LogP contribution in [0.15, 0.2) is 51.4 Å². The van der Waals surface area contributed by atoms with Crippen molar-refractivity contribution in [2.75, 3.05) is 0 Å². The van der Waals surface area contributed by atoms with Crippen molar-refractivity contribution in [2.45, 2.75) is 12.5 Å². The fraction of sp³-hybridized carbons (Fsp3) is 0.118. The number of nitrogens with two attached hydrogens (primary N) is 1. The fourth-order valence-electron chi connectivity index (χ4n) is 2.18. The van der Waals surface area contributed by atoms with Crippen molar-refractivity contribution in [1.82, 2.24) is 5.32 Å². The van der Waals surface area contributed by atoms with Gasteiger partial charge in [-0.2, -0.15) is 5.26 Å². The smallest absolute Gasteiger partial charge is 0.252 e. The summed E-state index contributed by atoms with van der Waals surface area (Å²) < 4.78 is 1.46. The molecule has 1 atom stereocenters. The van der Waals surface area contributed by atoms with Gasteiger partial charge in [0.25, 0.3) is 5.91 Å². The molecule has 24 heavy (non-hydrogen) atoms. The number of halogens is 2. The molecule has 0 aliphatic carbocycles. The summed E-state index contributed by atoms with van der Waals surface area (Å²) in [6, 6.07) is 13.1. The summed E-state index contributed by atoms with van der Waals surface area (Å²) in [5.74, 6) is -1.08. The second-order valence-electron chi connectivity index (χ2n) is 5.06. The standard InChI is InChI=1S/C17H13Br2N3O2/c18-13-5-12(6-14(19)8-13)17(24)22-15(16(21)23)7-10-3-1-2-4-11(10)9-20/h1-6,8,15H,7H2,(H2,21,23)(H,22,24)/t15-/m1/s1. The summed E-state index contributed by atoms with van der Waals surface area (Å²) in [6.07, 6.45) is 0.153. The highest BCUT2D eigenvalue weighted by molar-refractivity contribution is 9.11. The number of nitrogens with zero attached hydrogens (tertiary/aromatic N) is 1. The molecule has 0 heterocycles. The first-order valence-electron chi connectivity index (χ1n) is 6.95. The van der Waals surface area contributed by atoms with Crippen molar-refractivity contribution in [3.05, 3.63) is 68.1 Å². The van der Waals surface area contributed by atoms with Gasteiger partial charge >= 0.3 is 0 Å². The van der Waals surface area contributed by atoms with Gasteiger partial charge in [-0.05, 0) is 29.8 Å². The molecule has 0 fully saturated rings. The van der Waals surface area contributed by atoms with E-state index < -0.39 is 17.9 Å². The molecular formula is C17H13Br2N3O2. The molecule has 2 amide bonds. The number of hydrogen-bond acceptors (Lipinski definition) is 3. The number of rotatable bonds is 5. The molecule has 0 bridgehead atoms. The Hall–Kier alpha value is -2.17. The van der Waals surface area contributed by atoms with Gasteiger partial charge in [0.2, 0.25) is 5.91 Å². The van der Waals surface area contributed by atoms with Gasteiger partial charge in [0.15, 0.2) is 0 Å². The molecule has 7 heteroatoms. The van der Waals surface area contributed by atoms with E-state index in [1.807, 2.05) is 0 Å². The van der Waals surface area contributed by atoms with Crippen molar-refractivity contribution in [1.29, 1.82) is 5.26 Å². The lowest BCUT2D eigenvalue weighted by atomic mass is 10.00. The Morgan fingerprint density at radius 2 is 1.79 bits per heavy atom. The van der Waals surface area contributed by atoms with Crippen LogP contribution in [0, 0.1) is 11.3 Å². The highest BCUT2D eigenvalue weighted by atomic mass is 79.9. The molecule has 2 aromatic carbocycles. The topological polar surface area (TPSA) is 96.0 Å². The van der Waals surface area contributed by atoms with Crippen LogP contribution in [0.4, 0.5) is 0 Å². The molecule has 0 spiro atoms. The molecule has 2 rings (SSSR count). The normalized spacial score (nSPS) is 11.4. The molecule has 0 unspecified atom stereocenters. The maximum atomic E-state index is 12.4. The van der Waals surface area contributed by atoms with Crippen molar-refractivity contribution >= 4 is 43.7 Å². The zero-order valence-corrected chi connectivity index (χ0v) is 15.6. The molecular weight excluding hydrogens is 438 g/mol. The van der Waals surface area contributed by atoms with Crippen LogP contribution in [-0.2, 0) is 11.2 Å². The zero-order valence-electron chi connectivity index (χ0n) is 12.4. The summed E-state index contributed by atoms with van der Waals surface area (Å²) >= 11 is 6.62. The van der Waals surface area contributed by atoms with Crippen molar-refractivity contribution in [2.24, 2.45) is 5.73 Å². The summed E-state index contributed by atoms with van der Waals surface area (Å²) in [4.78, 5) is 24.1. The van der Waals surface area contributed by atoms with Gasteiger partial charge in [-0.25, -0.2) is 0 Å². The van der Waals surface area contributed by atoms with Gasteiger partial charge in [0, 0.05) is 20.9 Å². The van der Waals surface area contributed by atoms with E-state index in [1.165, 1.54) is 0 Å². The largest absolute Gasteiger partial charge is 0.368 e. The number of carbonyl (C=O) groups excluding carboxylic acids is 2. The molecule has 0 aromatic heterocycles. The molecule has 0 aliphatic heterocycles. The molecule has 0 saturated carbocycles. The first-order chi connectivity index (χ1) is 11.4. The Bertz CT molecular complexity index is 811. The maximum absolute atomic E-state index is 12.4. The van der Waals surface area contributed by atoms with Crippen LogP contribution in [0.1, 0.15) is 21.5 Å². The highest BCUT2D eigenvalue weighted by Crippen LogP contribution is 2.20. The lowest BCUT2D eigenvalue weighted by molar-refractivity contribution is -0.119. The van der Waals surface area contributed by atoms with Crippen LogP contribution in [0.3, 0.4) is 0 Å². The van der Waals surface area contributed by atoms with Crippen molar-refractivity contribution in [3.63, 3.8) is 0 Å². The third-order valence-electron chi connectivity index (χ3n) is 3.34. The third kappa shape index (κ3) is 4.66. The molecule has 0 saturated heterocycles. The number of primary amides is 1. The van der Waals surface area contributed by atoms with Gasteiger partial charge in [-0.3, -0.25) is 9.59 Å². The Morgan fingerprint density at radius 1 is 1.17 bits per heavy atom. The Balaban J connectivity index is 2.21. The first kappa shape index (κ1) is 18.2. The average molecular weight is 451 g/mol. The number of nitrogens with one attached hydrogen (secondary N) is 1. The minimum absolute atomic E-state index is 0.153. The summed E-state index contributed by atoms with van der Waals surface area (Å²) in [5, 5.41) is 11.7. The first-order valence-corrected chi connectivity index (χ1v) is 8.53. The molecule has 3 N–H and O–H groups in total. The summed E-state index contributed by atoms with van der Waals surface area (Å²) in [7, 11) is 0. The molecule has 122 valence electrons. The van der Waals surface area contributed by atoms with Crippen molar-refractivity contribution in [3.8, 4) is 6.07 Å². The van der Waals surface area contributed by atoms with Crippen LogP contribution in [0.5, 0.6) is 0 Å². The minimum Gasteiger partial charge on any atom is -0.368 e. The predicted molar refractivity (Wildman–Crippen MR) is 97.2 cm³/mol. The second-order valence-corrected chi connectivity index (χ2v) is 6.89. The van der Waals surface area contributed by atoms with E-state index in [2.05, 4.69) is 43.2 Å². The van der Waals surface area contributed by atoms with Crippen LogP contribution in [-0.4, -0.2) is 17.9 Å².